The van der Waals surface area contributed by atoms with Crippen molar-refractivity contribution in [3.63, 3.8) is 0 Å². The van der Waals surface area contributed by atoms with Gasteiger partial charge in [-0.3, -0.25) is 0 Å². The molecule has 0 heterocycles. The van der Waals surface area contributed by atoms with E-state index in [9.17, 15) is 0 Å². The van der Waals surface area contributed by atoms with Crippen molar-refractivity contribution in [2.24, 2.45) is 0 Å². The molecule has 0 saturated heterocycles. The third kappa shape index (κ3) is 13.5. The number of aryl methyl sites for hydroxylation is 1. The van der Waals surface area contributed by atoms with E-state index in [0.29, 0.717) is 70.1 Å². The quantitative estimate of drug-likeness (QED) is 0.0550. The molecule has 9 nitrogen and oxygen atoms in total. The SMILES string of the molecule is COCCOCOc1cccc(CCCOCCc2ccc(OCc3ccccc3)c(OCc3ccccc3)c2)c1OCOCCOC. The van der Waals surface area contributed by atoms with Gasteiger partial charge in [0.2, 0.25) is 0 Å². The van der Waals surface area contributed by atoms with Gasteiger partial charge in [0.25, 0.3) is 0 Å². The molecule has 0 atom stereocenters. The first kappa shape index (κ1) is 36.7. The van der Waals surface area contributed by atoms with E-state index in [1.807, 2.05) is 72.8 Å². The average molecular weight is 661 g/mol. The number of hydrogen-bond donors (Lipinski definition) is 0. The summed E-state index contributed by atoms with van der Waals surface area (Å²) >= 11 is 0. The van der Waals surface area contributed by atoms with Crippen molar-refractivity contribution in [2.45, 2.75) is 32.5 Å². The molecule has 0 radical (unpaired) electrons. The molecule has 0 aliphatic carbocycles. The highest BCUT2D eigenvalue weighted by Gasteiger charge is 2.13. The molecule has 0 aliphatic rings. The zero-order chi connectivity index (χ0) is 33.5. The van der Waals surface area contributed by atoms with Crippen LogP contribution in [0.5, 0.6) is 23.0 Å². The predicted molar refractivity (Wildman–Crippen MR) is 184 cm³/mol. The first-order valence-corrected chi connectivity index (χ1v) is 16.3. The Labute approximate surface area is 284 Å². The maximum atomic E-state index is 6.24. The fraction of sp³-hybridized carbons (Fsp3) is 0.385. The number of benzene rings is 4. The molecule has 48 heavy (non-hydrogen) atoms. The summed E-state index contributed by atoms with van der Waals surface area (Å²) in [4.78, 5) is 0. The van der Waals surface area contributed by atoms with Crippen LogP contribution in [0.2, 0.25) is 0 Å². The van der Waals surface area contributed by atoms with Gasteiger partial charge in [-0.1, -0.05) is 78.9 Å². The van der Waals surface area contributed by atoms with Crippen LogP contribution in [0.25, 0.3) is 0 Å². The molecule has 0 unspecified atom stereocenters. The molecule has 4 aromatic carbocycles. The summed E-state index contributed by atoms with van der Waals surface area (Å²) in [5.74, 6) is 2.68. The fourth-order valence-corrected chi connectivity index (χ4v) is 4.71. The second kappa shape index (κ2) is 22.4. The van der Waals surface area contributed by atoms with Crippen molar-refractivity contribution < 1.29 is 42.6 Å². The van der Waals surface area contributed by atoms with Gasteiger partial charge in [0, 0.05) is 20.8 Å². The molecular weight excluding hydrogens is 612 g/mol. The van der Waals surface area contributed by atoms with Crippen molar-refractivity contribution in [1.29, 1.82) is 0 Å². The molecule has 0 spiro atoms. The minimum Gasteiger partial charge on any atom is -0.485 e. The number of hydrogen-bond acceptors (Lipinski definition) is 9. The highest BCUT2D eigenvalue weighted by molar-refractivity contribution is 5.47. The van der Waals surface area contributed by atoms with Gasteiger partial charge < -0.3 is 42.6 Å². The molecule has 4 rings (SSSR count). The second-order valence-electron chi connectivity index (χ2n) is 10.9. The van der Waals surface area contributed by atoms with Gasteiger partial charge in [-0.2, -0.15) is 0 Å². The topological polar surface area (TPSA) is 83.1 Å². The molecule has 0 aliphatic heterocycles. The third-order valence-electron chi connectivity index (χ3n) is 7.26. The number of ether oxygens (including phenoxy) is 9. The number of para-hydroxylation sites is 1. The lowest BCUT2D eigenvalue weighted by Crippen LogP contribution is -2.12. The summed E-state index contributed by atoms with van der Waals surface area (Å²) in [6.07, 6.45) is 2.31. The highest BCUT2D eigenvalue weighted by atomic mass is 16.7. The molecule has 0 amide bonds. The van der Waals surface area contributed by atoms with Gasteiger partial charge in [0.1, 0.15) is 13.2 Å². The standard InChI is InChI=1S/C39H48O9/c1-40-23-25-43-30-47-37-17-9-15-35(39(37)48-31-44-26-24-41-2)16-10-21-42-22-20-32-18-19-36(45-28-33-11-5-3-6-12-33)38(27-32)46-29-34-13-7-4-8-14-34/h3-9,11-15,17-19,27H,10,16,20-26,28-31H2,1-2H3. The monoisotopic (exact) mass is 660 g/mol. The molecule has 0 saturated carbocycles. The lowest BCUT2D eigenvalue weighted by atomic mass is 10.1. The summed E-state index contributed by atoms with van der Waals surface area (Å²) < 4.78 is 51.4. The van der Waals surface area contributed by atoms with E-state index in [1.165, 1.54) is 0 Å². The minimum absolute atomic E-state index is 0.0882. The summed E-state index contributed by atoms with van der Waals surface area (Å²) in [6, 6.07) is 32.2. The van der Waals surface area contributed by atoms with E-state index in [2.05, 4.69) is 24.3 Å². The predicted octanol–water partition coefficient (Wildman–Crippen LogP) is 7.04. The van der Waals surface area contributed by atoms with Crippen LogP contribution in [0, 0.1) is 0 Å². The lowest BCUT2D eigenvalue weighted by molar-refractivity contribution is -0.0210. The van der Waals surface area contributed by atoms with Gasteiger partial charge in [-0.05, 0) is 59.7 Å². The summed E-state index contributed by atoms with van der Waals surface area (Å²) in [5, 5.41) is 0. The van der Waals surface area contributed by atoms with Gasteiger partial charge in [-0.15, -0.1) is 0 Å². The lowest BCUT2D eigenvalue weighted by Gasteiger charge is -2.17. The molecule has 0 bridgehead atoms. The Kier molecular flexibility index (Phi) is 17.2. The Hall–Kier alpha value is -4.12. The Balaban J connectivity index is 1.28. The molecule has 4 aromatic rings. The van der Waals surface area contributed by atoms with E-state index in [4.69, 9.17) is 42.6 Å². The van der Waals surface area contributed by atoms with Crippen LogP contribution in [0.3, 0.4) is 0 Å². The number of methoxy groups -OCH3 is 2. The zero-order valence-corrected chi connectivity index (χ0v) is 28.1. The highest BCUT2D eigenvalue weighted by Crippen LogP contribution is 2.33. The van der Waals surface area contributed by atoms with Gasteiger partial charge >= 0.3 is 0 Å². The van der Waals surface area contributed by atoms with Crippen molar-refractivity contribution in [3.05, 3.63) is 119 Å². The average Bonchev–Trinajstić information content (AvgIpc) is 3.13. The van der Waals surface area contributed by atoms with E-state index < -0.39 is 0 Å². The van der Waals surface area contributed by atoms with Gasteiger partial charge in [-0.25, -0.2) is 0 Å². The zero-order valence-electron chi connectivity index (χ0n) is 28.1. The van der Waals surface area contributed by atoms with E-state index in [-0.39, 0.29) is 13.6 Å². The van der Waals surface area contributed by atoms with Crippen LogP contribution in [0.4, 0.5) is 0 Å². The maximum absolute atomic E-state index is 6.24. The van der Waals surface area contributed by atoms with Crippen molar-refractivity contribution in [1.82, 2.24) is 0 Å². The fourth-order valence-electron chi connectivity index (χ4n) is 4.71. The maximum Gasteiger partial charge on any atom is 0.189 e. The molecule has 258 valence electrons. The smallest absolute Gasteiger partial charge is 0.189 e. The Morgan fingerprint density at radius 2 is 1.08 bits per heavy atom. The molecule has 0 fully saturated rings. The van der Waals surface area contributed by atoms with Crippen LogP contribution in [0.1, 0.15) is 28.7 Å². The Morgan fingerprint density at radius 1 is 0.438 bits per heavy atom. The van der Waals surface area contributed by atoms with Crippen LogP contribution in [-0.2, 0) is 49.7 Å². The molecule has 0 aromatic heterocycles. The third-order valence-corrected chi connectivity index (χ3v) is 7.26. The van der Waals surface area contributed by atoms with Crippen LogP contribution in [0.15, 0.2) is 97.1 Å². The second-order valence-corrected chi connectivity index (χ2v) is 10.9. The Bertz CT molecular complexity index is 1420. The molecule has 9 heteroatoms. The molecule has 0 N–H and O–H groups in total. The first-order chi connectivity index (χ1) is 23.8. The van der Waals surface area contributed by atoms with E-state index in [0.717, 1.165) is 47.3 Å². The van der Waals surface area contributed by atoms with Crippen LogP contribution >= 0.6 is 0 Å². The van der Waals surface area contributed by atoms with Crippen molar-refractivity contribution >= 4 is 0 Å². The summed E-state index contributed by atoms with van der Waals surface area (Å²) in [6.45, 7) is 4.17. The molecular formula is C39H48O9. The van der Waals surface area contributed by atoms with Gasteiger partial charge in [0.15, 0.2) is 36.6 Å². The first-order valence-electron chi connectivity index (χ1n) is 16.3. The van der Waals surface area contributed by atoms with Crippen LogP contribution in [-0.4, -0.2) is 67.4 Å². The van der Waals surface area contributed by atoms with Crippen molar-refractivity contribution in [2.75, 3.05) is 67.4 Å². The van der Waals surface area contributed by atoms with E-state index in [1.54, 1.807) is 14.2 Å². The minimum atomic E-state index is 0.0882. The summed E-state index contributed by atoms with van der Waals surface area (Å²) in [7, 11) is 3.27. The van der Waals surface area contributed by atoms with Crippen LogP contribution < -0.4 is 18.9 Å². The number of rotatable bonds is 25. The van der Waals surface area contributed by atoms with Gasteiger partial charge in [0.05, 0.1) is 33.0 Å². The normalized spacial score (nSPS) is 11.0. The largest absolute Gasteiger partial charge is 0.485 e. The summed E-state index contributed by atoms with van der Waals surface area (Å²) in [5.41, 5.74) is 4.32. The van der Waals surface area contributed by atoms with Crippen molar-refractivity contribution in [3.8, 4) is 23.0 Å². The van der Waals surface area contributed by atoms with E-state index >= 15 is 0 Å². The Morgan fingerprint density at radius 3 is 1.75 bits per heavy atom.